The summed E-state index contributed by atoms with van der Waals surface area (Å²) in [6, 6.07) is 8.64. The van der Waals surface area contributed by atoms with Crippen LogP contribution < -0.4 is 0 Å². The number of aryl methyl sites for hydroxylation is 1. The van der Waals surface area contributed by atoms with Gasteiger partial charge in [-0.2, -0.15) is 0 Å². The van der Waals surface area contributed by atoms with Gasteiger partial charge in [-0.3, -0.25) is 9.59 Å². The molecule has 4 nitrogen and oxygen atoms in total. The zero-order valence-electron chi connectivity index (χ0n) is 16.0. The van der Waals surface area contributed by atoms with Crippen molar-refractivity contribution < 1.29 is 19.4 Å². The molecule has 0 amide bonds. The van der Waals surface area contributed by atoms with E-state index in [1.165, 1.54) is 18.1 Å². The van der Waals surface area contributed by atoms with Gasteiger partial charge in [-0.15, -0.1) is 0 Å². The minimum Gasteiger partial charge on any atom is -0.481 e. The van der Waals surface area contributed by atoms with Crippen LogP contribution >= 0.6 is 0 Å². The molecule has 0 fully saturated rings. The molecule has 140 valence electrons. The second-order valence-electron chi connectivity index (χ2n) is 7.71. The molecule has 1 aromatic carbocycles. The van der Waals surface area contributed by atoms with Gasteiger partial charge in [0.2, 0.25) is 0 Å². The lowest BCUT2D eigenvalue weighted by Gasteiger charge is -2.20. The third-order valence-corrected chi connectivity index (χ3v) is 4.32. The van der Waals surface area contributed by atoms with Gasteiger partial charge in [0.05, 0.1) is 0 Å². The van der Waals surface area contributed by atoms with E-state index in [-0.39, 0.29) is 23.9 Å². The van der Waals surface area contributed by atoms with Gasteiger partial charge in [0.1, 0.15) is 6.10 Å². The lowest BCUT2D eigenvalue weighted by Crippen LogP contribution is -2.17. The maximum atomic E-state index is 11.3. The standard InChI is InChI=1S/C21H32O4/c1-16(22)25-19(8-6-5-7-9-20(23)24)15-12-17-10-13-18(14-11-17)21(2,3)4/h10-11,13-14,19H,5-9,12,15H2,1-4H3,(H,23,24). The number of hydrogen-bond acceptors (Lipinski definition) is 3. The second-order valence-corrected chi connectivity index (χ2v) is 7.71. The molecule has 0 saturated heterocycles. The summed E-state index contributed by atoms with van der Waals surface area (Å²) in [7, 11) is 0. The van der Waals surface area contributed by atoms with Gasteiger partial charge in [-0.1, -0.05) is 51.5 Å². The summed E-state index contributed by atoms with van der Waals surface area (Å²) in [6.45, 7) is 8.03. The Bertz CT molecular complexity index is 540. The van der Waals surface area contributed by atoms with Gasteiger partial charge in [0, 0.05) is 13.3 Å². The Balaban J connectivity index is 2.46. The van der Waals surface area contributed by atoms with Crippen molar-refractivity contribution in [2.24, 2.45) is 0 Å². The van der Waals surface area contributed by atoms with Crippen molar-refractivity contribution in [3.8, 4) is 0 Å². The molecular formula is C21H32O4. The van der Waals surface area contributed by atoms with Crippen molar-refractivity contribution in [3.05, 3.63) is 35.4 Å². The molecule has 1 atom stereocenters. The first kappa shape index (κ1) is 21.2. The predicted octanol–water partition coefficient (Wildman–Crippen LogP) is 4.88. The normalized spacial score (nSPS) is 12.6. The first-order chi connectivity index (χ1) is 11.7. The Kier molecular flexibility index (Phi) is 8.67. The largest absolute Gasteiger partial charge is 0.481 e. The number of rotatable bonds is 10. The number of esters is 1. The van der Waals surface area contributed by atoms with E-state index < -0.39 is 5.97 Å². The number of aliphatic carboxylic acids is 1. The summed E-state index contributed by atoms with van der Waals surface area (Å²) in [5.74, 6) is -1.01. The lowest BCUT2D eigenvalue weighted by molar-refractivity contribution is -0.147. The Morgan fingerprint density at radius 1 is 1.04 bits per heavy atom. The van der Waals surface area contributed by atoms with E-state index >= 15 is 0 Å². The average Bonchev–Trinajstić information content (AvgIpc) is 2.50. The minimum absolute atomic E-state index is 0.0929. The highest BCUT2D eigenvalue weighted by Gasteiger charge is 2.14. The van der Waals surface area contributed by atoms with Crippen LogP contribution in [0.5, 0.6) is 0 Å². The van der Waals surface area contributed by atoms with E-state index in [9.17, 15) is 9.59 Å². The molecule has 1 N–H and O–H groups in total. The quantitative estimate of drug-likeness (QED) is 0.483. The Morgan fingerprint density at radius 2 is 1.68 bits per heavy atom. The van der Waals surface area contributed by atoms with Crippen LogP contribution in [0.25, 0.3) is 0 Å². The van der Waals surface area contributed by atoms with Crippen LogP contribution in [0, 0.1) is 0 Å². The number of carboxylic acid groups (broad SMARTS) is 1. The van der Waals surface area contributed by atoms with Crippen LogP contribution in [0.2, 0.25) is 0 Å². The predicted molar refractivity (Wildman–Crippen MR) is 99.7 cm³/mol. The number of carbonyl (C=O) groups excluding carboxylic acids is 1. The monoisotopic (exact) mass is 348 g/mol. The van der Waals surface area contributed by atoms with E-state index in [1.807, 2.05) is 0 Å². The summed E-state index contributed by atoms with van der Waals surface area (Å²) in [5, 5.41) is 8.65. The number of ether oxygens (including phenoxy) is 1. The summed E-state index contributed by atoms with van der Waals surface area (Å²) in [5.41, 5.74) is 2.71. The molecule has 0 saturated carbocycles. The third kappa shape index (κ3) is 9.28. The molecular weight excluding hydrogens is 316 g/mol. The van der Waals surface area contributed by atoms with Gasteiger partial charge in [-0.25, -0.2) is 0 Å². The first-order valence-corrected chi connectivity index (χ1v) is 9.17. The Labute approximate surface area is 151 Å². The van der Waals surface area contributed by atoms with E-state index in [0.717, 1.165) is 32.1 Å². The summed E-state index contributed by atoms with van der Waals surface area (Å²) in [4.78, 5) is 21.8. The SMILES string of the molecule is CC(=O)OC(CCCCCC(=O)O)CCc1ccc(C(C)(C)C)cc1. The summed E-state index contributed by atoms with van der Waals surface area (Å²) in [6.07, 6.45) is 4.99. The number of benzene rings is 1. The fraction of sp³-hybridized carbons (Fsp3) is 0.619. The molecule has 0 aliphatic rings. The van der Waals surface area contributed by atoms with Crippen molar-refractivity contribution >= 4 is 11.9 Å². The molecule has 0 aliphatic heterocycles. The van der Waals surface area contributed by atoms with Gasteiger partial charge < -0.3 is 9.84 Å². The minimum atomic E-state index is -0.754. The number of carboxylic acids is 1. The number of carbonyl (C=O) groups is 2. The van der Waals surface area contributed by atoms with Gasteiger partial charge in [0.25, 0.3) is 0 Å². The highest BCUT2D eigenvalue weighted by Crippen LogP contribution is 2.23. The van der Waals surface area contributed by atoms with E-state index in [1.54, 1.807) is 0 Å². The van der Waals surface area contributed by atoms with E-state index in [4.69, 9.17) is 9.84 Å². The zero-order chi connectivity index (χ0) is 18.9. The smallest absolute Gasteiger partial charge is 0.303 e. The van der Waals surface area contributed by atoms with Crippen LogP contribution in [0.3, 0.4) is 0 Å². The molecule has 0 spiro atoms. The fourth-order valence-corrected chi connectivity index (χ4v) is 2.82. The van der Waals surface area contributed by atoms with Crippen LogP contribution in [-0.4, -0.2) is 23.1 Å². The van der Waals surface area contributed by atoms with Crippen LogP contribution in [-0.2, 0) is 26.2 Å². The lowest BCUT2D eigenvalue weighted by atomic mass is 9.86. The molecule has 1 unspecified atom stereocenters. The fourth-order valence-electron chi connectivity index (χ4n) is 2.82. The highest BCUT2D eigenvalue weighted by molar-refractivity contribution is 5.66. The highest BCUT2D eigenvalue weighted by atomic mass is 16.5. The van der Waals surface area contributed by atoms with Crippen molar-refractivity contribution in [1.29, 1.82) is 0 Å². The molecule has 25 heavy (non-hydrogen) atoms. The zero-order valence-corrected chi connectivity index (χ0v) is 16.0. The number of hydrogen-bond donors (Lipinski definition) is 1. The van der Waals surface area contributed by atoms with Gasteiger partial charge in [0.15, 0.2) is 0 Å². The van der Waals surface area contributed by atoms with Crippen molar-refractivity contribution in [2.45, 2.75) is 84.2 Å². The molecule has 4 heteroatoms. The van der Waals surface area contributed by atoms with Gasteiger partial charge >= 0.3 is 11.9 Å². The molecule has 0 aliphatic carbocycles. The molecule has 1 aromatic rings. The Hall–Kier alpha value is -1.84. The van der Waals surface area contributed by atoms with Crippen LogP contribution in [0.4, 0.5) is 0 Å². The third-order valence-electron chi connectivity index (χ3n) is 4.32. The van der Waals surface area contributed by atoms with Crippen molar-refractivity contribution in [3.63, 3.8) is 0 Å². The first-order valence-electron chi connectivity index (χ1n) is 9.17. The van der Waals surface area contributed by atoms with E-state index in [2.05, 4.69) is 45.0 Å². The summed E-state index contributed by atoms with van der Waals surface area (Å²) >= 11 is 0. The maximum Gasteiger partial charge on any atom is 0.303 e. The maximum absolute atomic E-state index is 11.3. The number of unbranched alkanes of at least 4 members (excludes halogenated alkanes) is 2. The second kappa shape index (κ2) is 10.2. The molecule has 0 aromatic heterocycles. The van der Waals surface area contributed by atoms with Crippen LogP contribution in [0.15, 0.2) is 24.3 Å². The molecule has 1 rings (SSSR count). The van der Waals surface area contributed by atoms with Crippen molar-refractivity contribution in [1.82, 2.24) is 0 Å². The molecule has 0 heterocycles. The Morgan fingerprint density at radius 3 is 2.20 bits per heavy atom. The molecule has 0 radical (unpaired) electrons. The van der Waals surface area contributed by atoms with E-state index in [0.29, 0.717) is 6.42 Å². The molecule has 0 bridgehead atoms. The van der Waals surface area contributed by atoms with Crippen molar-refractivity contribution in [2.75, 3.05) is 0 Å². The topological polar surface area (TPSA) is 63.6 Å². The summed E-state index contributed by atoms with van der Waals surface area (Å²) < 4.78 is 5.42. The average molecular weight is 348 g/mol. The van der Waals surface area contributed by atoms with Gasteiger partial charge in [-0.05, 0) is 48.6 Å². The van der Waals surface area contributed by atoms with Crippen LogP contribution in [0.1, 0.15) is 77.3 Å².